The minimum absolute atomic E-state index is 0.359. The van der Waals surface area contributed by atoms with E-state index in [0.29, 0.717) is 29.3 Å². The van der Waals surface area contributed by atoms with Gasteiger partial charge in [0, 0.05) is 17.3 Å². The highest BCUT2D eigenvalue weighted by Crippen LogP contribution is 2.20. The van der Waals surface area contributed by atoms with Crippen molar-refractivity contribution in [1.82, 2.24) is 4.98 Å². The molecule has 0 atom stereocenters. The van der Waals surface area contributed by atoms with Crippen molar-refractivity contribution >= 4 is 17.3 Å². The minimum atomic E-state index is -0.606. The molecule has 1 aromatic heterocycles. The standard InChI is InChI=1S/C14H14FN3O2/c1-2-20-12-6-9(5-10(16)7-12)14(19)18-11-3-4-13(15)17-8-11/h3-8H,2,16H2,1H3,(H,18,19). The Morgan fingerprint density at radius 3 is 2.85 bits per heavy atom. The molecular formula is C14H14FN3O2. The Morgan fingerprint density at radius 2 is 2.20 bits per heavy atom. The number of nitrogen functional groups attached to an aromatic ring is 1. The molecular weight excluding hydrogens is 261 g/mol. The number of carbonyl (C=O) groups is 1. The molecule has 1 heterocycles. The highest BCUT2D eigenvalue weighted by Gasteiger charge is 2.09. The number of nitrogens with zero attached hydrogens (tertiary/aromatic N) is 1. The van der Waals surface area contributed by atoms with Gasteiger partial charge < -0.3 is 15.8 Å². The number of pyridine rings is 1. The van der Waals surface area contributed by atoms with E-state index in [4.69, 9.17) is 10.5 Å². The molecule has 6 heteroatoms. The molecule has 1 aromatic carbocycles. The second-order valence-electron chi connectivity index (χ2n) is 4.05. The normalized spacial score (nSPS) is 10.1. The van der Waals surface area contributed by atoms with Gasteiger partial charge in [0.25, 0.3) is 5.91 Å². The molecule has 0 aliphatic heterocycles. The first-order valence-electron chi connectivity index (χ1n) is 6.04. The first-order valence-corrected chi connectivity index (χ1v) is 6.04. The Kier molecular flexibility index (Phi) is 4.14. The van der Waals surface area contributed by atoms with Crippen molar-refractivity contribution in [2.75, 3.05) is 17.7 Å². The molecule has 0 saturated heterocycles. The first-order chi connectivity index (χ1) is 9.58. The molecule has 104 valence electrons. The second kappa shape index (κ2) is 6.01. The summed E-state index contributed by atoms with van der Waals surface area (Å²) in [6, 6.07) is 7.36. The van der Waals surface area contributed by atoms with E-state index >= 15 is 0 Å². The number of nitrogens with one attached hydrogen (secondary N) is 1. The fourth-order valence-corrected chi connectivity index (χ4v) is 1.66. The lowest BCUT2D eigenvalue weighted by Crippen LogP contribution is -2.13. The van der Waals surface area contributed by atoms with Crippen molar-refractivity contribution in [3.63, 3.8) is 0 Å². The maximum absolute atomic E-state index is 12.7. The van der Waals surface area contributed by atoms with Crippen LogP contribution in [0.4, 0.5) is 15.8 Å². The fraction of sp³-hybridized carbons (Fsp3) is 0.143. The average Bonchev–Trinajstić information content (AvgIpc) is 2.41. The molecule has 0 saturated carbocycles. The van der Waals surface area contributed by atoms with Crippen LogP contribution < -0.4 is 15.8 Å². The van der Waals surface area contributed by atoms with Gasteiger partial charge in [0.2, 0.25) is 5.95 Å². The van der Waals surface area contributed by atoms with Crippen LogP contribution >= 0.6 is 0 Å². The summed E-state index contributed by atoms with van der Waals surface area (Å²) >= 11 is 0. The molecule has 5 nitrogen and oxygen atoms in total. The van der Waals surface area contributed by atoms with Crippen LogP contribution in [-0.2, 0) is 0 Å². The molecule has 0 fully saturated rings. The van der Waals surface area contributed by atoms with Crippen LogP contribution in [0.2, 0.25) is 0 Å². The Labute approximate surface area is 115 Å². The Bertz CT molecular complexity index is 614. The van der Waals surface area contributed by atoms with E-state index in [9.17, 15) is 9.18 Å². The predicted octanol–water partition coefficient (Wildman–Crippen LogP) is 2.45. The monoisotopic (exact) mass is 275 g/mol. The van der Waals surface area contributed by atoms with E-state index < -0.39 is 5.95 Å². The third-order valence-corrected chi connectivity index (χ3v) is 2.49. The number of hydrogen-bond acceptors (Lipinski definition) is 4. The number of nitrogens with two attached hydrogens (primary N) is 1. The first kappa shape index (κ1) is 13.8. The van der Waals surface area contributed by atoms with E-state index in [0.717, 1.165) is 0 Å². The molecule has 3 N–H and O–H groups in total. The van der Waals surface area contributed by atoms with Gasteiger partial charge in [-0.25, -0.2) is 4.98 Å². The van der Waals surface area contributed by atoms with Crippen molar-refractivity contribution in [2.24, 2.45) is 0 Å². The van der Waals surface area contributed by atoms with Gasteiger partial charge in [-0.3, -0.25) is 4.79 Å². The quantitative estimate of drug-likeness (QED) is 0.663. The number of amides is 1. The summed E-state index contributed by atoms with van der Waals surface area (Å²) < 4.78 is 18.0. The molecule has 20 heavy (non-hydrogen) atoms. The third-order valence-electron chi connectivity index (χ3n) is 2.49. The van der Waals surface area contributed by atoms with Crippen molar-refractivity contribution in [3.05, 3.63) is 48.0 Å². The highest BCUT2D eigenvalue weighted by atomic mass is 19.1. The highest BCUT2D eigenvalue weighted by molar-refractivity contribution is 6.05. The summed E-state index contributed by atoms with van der Waals surface area (Å²) in [4.78, 5) is 15.5. The Balaban J connectivity index is 2.18. The van der Waals surface area contributed by atoms with Crippen LogP contribution in [0.5, 0.6) is 5.75 Å². The van der Waals surface area contributed by atoms with Crippen LogP contribution in [-0.4, -0.2) is 17.5 Å². The van der Waals surface area contributed by atoms with Crippen LogP contribution in [0.3, 0.4) is 0 Å². The third kappa shape index (κ3) is 3.44. The van der Waals surface area contributed by atoms with Crippen molar-refractivity contribution < 1.29 is 13.9 Å². The zero-order valence-corrected chi connectivity index (χ0v) is 10.9. The summed E-state index contributed by atoms with van der Waals surface area (Å²) in [6.07, 6.45) is 1.24. The second-order valence-corrected chi connectivity index (χ2v) is 4.05. The van der Waals surface area contributed by atoms with Gasteiger partial charge in [-0.05, 0) is 31.2 Å². The number of halogens is 1. The van der Waals surface area contributed by atoms with Gasteiger partial charge in [0.05, 0.1) is 18.5 Å². The van der Waals surface area contributed by atoms with E-state index in [1.807, 2.05) is 6.92 Å². The number of anilines is 2. The number of rotatable bonds is 4. The zero-order valence-electron chi connectivity index (χ0n) is 10.9. The largest absolute Gasteiger partial charge is 0.494 e. The maximum atomic E-state index is 12.7. The fourth-order valence-electron chi connectivity index (χ4n) is 1.66. The molecule has 0 radical (unpaired) electrons. The summed E-state index contributed by atoms with van der Waals surface area (Å²) in [5.74, 6) is -0.452. The summed E-state index contributed by atoms with van der Waals surface area (Å²) in [5.41, 5.74) is 6.91. The van der Waals surface area contributed by atoms with Crippen molar-refractivity contribution in [2.45, 2.75) is 6.92 Å². The Morgan fingerprint density at radius 1 is 1.40 bits per heavy atom. The van der Waals surface area contributed by atoms with Crippen molar-refractivity contribution in [3.8, 4) is 5.75 Å². The smallest absolute Gasteiger partial charge is 0.255 e. The van der Waals surface area contributed by atoms with E-state index in [2.05, 4.69) is 10.3 Å². The average molecular weight is 275 g/mol. The summed E-state index contributed by atoms with van der Waals surface area (Å²) in [7, 11) is 0. The van der Waals surface area contributed by atoms with E-state index in [1.165, 1.54) is 24.4 Å². The molecule has 0 bridgehead atoms. The lowest BCUT2D eigenvalue weighted by Gasteiger charge is -2.09. The number of aromatic nitrogens is 1. The van der Waals surface area contributed by atoms with Crippen LogP contribution in [0.1, 0.15) is 17.3 Å². The van der Waals surface area contributed by atoms with Crippen LogP contribution in [0.15, 0.2) is 36.5 Å². The van der Waals surface area contributed by atoms with Gasteiger partial charge in [-0.15, -0.1) is 0 Å². The maximum Gasteiger partial charge on any atom is 0.255 e. The molecule has 0 spiro atoms. The molecule has 0 unspecified atom stereocenters. The van der Waals surface area contributed by atoms with Crippen LogP contribution in [0.25, 0.3) is 0 Å². The number of ether oxygens (including phenoxy) is 1. The minimum Gasteiger partial charge on any atom is -0.494 e. The van der Waals surface area contributed by atoms with Gasteiger partial charge in [-0.1, -0.05) is 0 Å². The number of hydrogen-bond donors (Lipinski definition) is 2. The zero-order chi connectivity index (χ0) is 14.5. The topological polar surface area (TPSA) is 77.2 Å². The van der Waals surface area contributed by atoms with E-state index in [-0.39, 0.29) is 5.91 Å². The lowest BCUT2D eigenvalue weighted by molar-refractivity contribution is 0.102. The van der Waals surface area contributed by atoms with Gasteiger partial charge in [0.1, 0.15) is 5.75 Å². The SMILES string of the molecule is CCOc1cc(N)cc(C(=O)Nc2ccc(F)nc2)c1. The number of benzene rings is 1. The predicted molar refractivity (Wildman–Crippen MR) is 74.2 cm³/mol. The number of carbonyl (C=O) groups excluding carboxylic acids is 1. The Hall–Kier alpha value is -2.63. The molecule has 0 aliphatic carbocycles. The van der Waals surface area contributed by atoms with Crippen molar-refractivity contribution in [1.29, 1.82) is 0 Å². The molecule has 0 aliphatic rings. The molecule has 2 aromatic rings. The summed E-state index contributed by atoms with van der Waals surface area (Å²) in [6.45, 7) is 2.32. The van der Waals surface area contributed by atoms with Gasteiger partial charge in [-0.2, -0.15) is 4.39 Å². The lowest BCUT2D eigenvalue weighted by atomic mass is 10.1. The summed E-state index contributed by atoms with van der Waals surface area (Å²) in [5, 5.41) is 2.60. The molecule has 2 rings (SSSR count). The van der Waals surface area contributed by atoms with E-state index in [1.54, 1.807) is 12.1 Å². The molecule has 1 amide bonds. The van der Waals surface area contributed by atoms with Gasteiger partial charge >= 0.3 is 0 Å². The van der Waals surface area contributed by atoms with Gasteiger partial charge in [0.15, 0.2) is 0 Å². The van der Waals surface area contributed by atoms with Crippen LogP contribution in [0, 0.1) is 5.95 Å².